The Morgan fingerprint density at radius 2 is 2.08 bits per heavy atom. The molecule has 3 heteroatoms. The van der Waals surface area contributed by atoms with Crippen LogP contribution < -0.4 is 11.5 Å². The molecule has 0 bridgehead atoms. The monoisotopic (exact) mass is 202 g/mol. The summed E-state index contributed by atoms with van der Waals surface area (Å²) in [6.07, 6.45) is 6.34. The van der Waals surface area contributed by atoms with Gasteiger partial charge >= 0.3 is 0 Å². The van der Waals surface area contributed by atoms with Crippen molar-refractivity contribution in [3.63, 3.8) is 0 Å². The van der Waals surface area contributed by atoms with Gasteiger partial charge in [-0.1, -0.05) is 12.8 Å². The van der Waals surface area contributed by atoms with E-state index in [1.54, 1.807) is 0 Å². The number of hydrogen-bond donors (Lipinski definition) is 2. The van der Waals surface area contributed by atoms with Crippen LogP contribution >= 0.6 is 11.8 Å². The van der Waals surface area contributed by atoms with E-state index in [2.05, 4.69) is 6.92 Å². The molecule has 0 heterocycles. The van der Waals surface area contributed by atoms with Gasteiger partial charge in [0.1, 0.15) is 0 Å². The first-order valence-electron chi connectivity index (χ1n) is 5.33. The lowest BCUT2D eigenvalue weighted by atomic mass is 9.96. The quantitative estimate of drug-likeness (QED) is 0.730. The predicted octanol–water partition coefficient (Wildman–Crippen LogP) is 1.73. The van der Waals surface area contributed by atoms with Crippen molar-refractivity contribution in [2.45, 2.75) is 56.4 Å². The van der Waals surface area contributed by atoms with Crippen LogP contribution in [0.5, 0.6) is 0 Å². The molecule has 0 aromatic rings. The molecule has 1 aliphatic rings. The fraction of sp³-hybridized carbons (Fsp3) is 1.00. The number of nitrogens with two attached hydrogens (primary N) is 2. The Labute approximate surface area is 85.8 Å². The minimum absolute atomic E-state index is 0.340. The zero-order valence-corrected chi connectivity index (χ0v) is 9.35. The van der Waals surface area contributed by atoms with Gasteiger partial charge in [0, 0.05) is 17.3 Å². The summed E-state index contributed by atoms with van der Waals surface area (Å²) < 4.78 is 0. The normalized spacial score (nSPS) is 31.6. The van der Waals surface area contributed by atoms with Crippen molar-refractivity contribution in [2.75, 3.05) is 5.75 Å². The van der Waals surface area contributed by atoms with Gasteiger partial charge < -0.3 is 11.5 Å². The van der Waals surface area contributed by atoms with Gasteiger partial charge in [0.25, 0.3) is 0 Å². The fourth-order valence-electron chi connectivity index (χ4n) is 1.74. The van der Waals surface area contributed by atoms with E-state index in [1.165, 1.54) is 31.4 Å². The summed E-state index contributed by atoms with van der Waals surface area (Å²) in [5.74, 6) is 1.18. The van der Waals surface area contributed by atoms with Gasteiger partial charge in [-0.05, 0) is 31.9 Å². The first-order valence-corrected chi connectivity index (χ1v) is 6.38. The maximum atomic E-state index is 6.04. The molecule has 3 unspecified atom stereocenters. The standard InChI is InChI=1S/C10H22N2S/c1-8(11)6-7-13-10-5-3-2-4-9(10)12/h8-10H,2-7,11-12H2,1H3. The van der Waals surface area contributed by atoms with Crippen LogP contribution in [0.25, 0.3) is 0 Å². The maximum Gasteiger partial charge on any atom is 0.0199 e. The third-order valence-electron chi connectivity index (χ3n) is 2.66. The second-order valence-electron chi connectivity index (χ2n) is 4.12. The molecule has 78 valence electrons. The van der Waals surface area contributed by atoms with E-state index >= 15 is 0 Å². The summed E-state index contributed by atoms with van der Waals surface area (Å²) >= 11 is 2.03. The third-order valence-corrected chi connectivity index (χ3v) is 4.14. The summed E-state index contributed by atoms with van der Waals surface area (Å²) in [5.41, 5.74) is 11.7. The van der Waals surface area contributed by atoms with Crippen molar-refractivity contribution in [3.05, 3.63) is 0 Å². The van der Waals surface area contributed by atoms with Gasteiger partial charge in [-0.2, -0.15) is 11.8 Å². The van der Waals surface area contributed by atoms with Gasteiger partial charge in [0.2, 0.25) is 0 Å². The number of hydrogen-bond acceptors (Lipinski definition) is 3. The highest BCUT2D eigenvalue weighted by Crippen LogP contribution is 2.27. The van der Waals surface area contributed by atoms with Crippen LogP contribution in [0.1, 0.15) is 39.0 Å². The van der Waals surface area contributed by atoms with Crippen molar-refractivity contribution in [1.82, 2.24) is 0 Å². The van der Waals surface area contributed by atoms with Crippen LogP contribution in [-0.2, 0) is 0 Å². The zero-order chi connectivity index (χ0) is 9.68. The Morgan fingerprint density at radius 3 is 2.69 bits per heavy atom. The lowest BCUT2D eigenvalue weighted by Gasteiger charge is -2.28. The topological polar surface area (TPSA) is 52.0 Å². The molecule has 13 heavy (non-hydrogen) atoms. The molecule has 1 rings (SSSR count). The van der Waals surface area contributed by atoms with E-state index in [1.807, 2.05) is 11.8 Å². The number of thioether (sulfide) groups is 1. The first kappa shape index (κ1) is 11.3. The summed E-state index contributed by atoms with van der Waals surface area (Å²) in [5, 5.41) is 0.701. The van der Waals surface area contributed by atoms with Crippen LogP contribution in [-0.4, -0.2) is 23.1 Å². The minimum Gasteiger partial charge on any atom is -0.328 e. The summed E-state index contributed by atoms with van der Waals surface area (Å²) in [7, 11) is 0. The highest BCUT2D eigenvalue weighted by molar-refractivity contribution is 7.99. The molecule has 0 aliphatic heterocycles. The largest absolute Gasteiger partial charge is 0.328 e. The summed E-state index contributed by atoms with van der Waals surface area (Å²) in [6.45, 7) is 2.07. The van der Waals surface area contributed by atoms with Crippen molar-refractivity contribution < 1.29 is 0 Å². The van der Waals surface area contributed by atoms with Crippen LogP contribution in [0.15, 0.2) is 0 Å². The van der Waals surface area contributed by atoms with Crippen molar-refractivity contribution in [2.24, 2.45) is 11.5 Å². The van der Waals surface area contributed by atoms with E-state index in [0.29, 0.717) is 17.3 Å². The molecule has 4 N–H and O–H groups in total. The Balaban J connectivity index is 2.11. The van der Waals surface area contributed by atoms with E-state index in [-0.39, 0.29) is 0 Å². The van der Waals surface area contributed by atoms with Gasteiger partial charge in [0.15, 0.2) is 0 Å². The van der Waals surface area contributed by atoms with E-state index < -0.39 is 0 Å². The molecule has 1 aliphatic carbocycles. The Kier molecular flexibility index (Phi) is 5.14. The third kappa shape index (κ3) is 4.34. The molecule has 1 fully saturated rings. The average molecular weight is 202 g/mol. The molecule has 3 atom stereocenters. The lowest BCUT2D eigenvalue weighted by Crippen LogP contribution is -2.35. The van der Waals surface area contributed by atoms with Gasteiger partial charge in [-0.3, -0.25) is 0 Å². The van der Waals surface area contributed by atoms with Crippen LogP contribution in [0, 0.1) is 0 Å². The fourth-order valence-corrected chi connectivity index (χ4v) is 3.26. The van der Waals surface area contributed by atoms with Crippen molar-refractivity contribution >= 4 is 11.8 Å². The molecular formula is C10H22N2S. The lowest BCUT2D eigenvalue weighted by molar-refractivity contribution is 0.453. The second kappa shape index (κ2) is 5.89. The molecule has 0 amide bonds. The van der Waals surface area contributed by atoms with E-state index in [0.717, 1.165) is 6.42 Å². The Morgan fingerprint density at radius 1 is 1.38 bits per heavy atom. The number of rotatable bonds is 4. The highest BCUT2D eigenvalue weighted by Gasteiger charge is 2.21. The summed E-state index contributed by atoms with van der Waals surface area (Å²) in [4.78, 5) is 0. The smallest absolute Gasteiger partial charge is 0.0199 e. The molecular weight excluding hydrogens is 180 g/mol. The average Bonchev–Trinajstić information content (AvgIpc) is 2.08. The molecule has 2 nitrogen and oxygen atoms in total. The van der Waals surface area contributed by atoms with Gasteiger partial charge in [-0.15, -0.1) is 0 Å². The maximum absolute atomic E-state index is 6.04. The Bertz CT molecular complexity index is 139. The van der Waals surface area contributed by atoms with Crippen LogP contribution in [0.4, 0.5) is 0 Å². The summed E-state index contributed by atoms with van der Waals surface area (Å²) in [6, 6.07) is 0.777. The molecule has 1 saturated carbocycles. The molecule has 0 aromatic carbocycles. The van der Waals surface area contributed by atoms with Crippen molar-refractivity contribution in [3.8, 4) is 0 Å². The molecule has 0 saturated heterocycles. The Hall–Kier alpha value is 0.270. The minimum atomic E-state index is 0.340. The molecule has 0 aromatic heterocycles. The zero-order valence-electron chi connectivity index (χ0n) is 8.54. The van der Waals surface area contributed by atoms with Crippen molar-refractivity contribution in [1.29, 1.82) is 0 Å². The van der Waals surface area contributed by atoms with Gasteiger partial charge in [0.05, 0.1) is 0 Å². The van der Waals surface area contributed by atoms with Gasteiger partial charge in [-0.25, -0.2) is 0 Å². The van der Waals surface area contributed by atoms with Crippen LogP contribution in [0.3, 0.4) is 0 Å². The highest BCUT2D eigenvalue weighted by atomic mass is 32.2. The molecule has 0 spiro atoms. The predicted molar refractivity (Wildman–Crippen MR) is 61.0 cm³/mol. The SMILES string of the molecule is CC(N)CCSC1CCCCC1N. The second-order valence-corrected chi connectivity index (χ2v) is 5.47. The van der Waals surface area contributed by atoms with E-state index in [4.69, 9.17) is 11.5 Å². The molecule has 0 radical (unpaired) electrons. The van der Waals surface area contributed by atoms with E-state index in [9.17, 15) is 0 Å². The van der Waals surface area contributed by atoms with Crippen LogP contribution in [0.2, 0.25) is 0 Å². The first-order chi connectivity index (χ1) is 6.20.